The molecule has 0 N–H and O–H groups in total. The largest absolute Gasteiger partial charge is 1.00 e. The molecule has 0 radical (unpaired) electrons. The van der Waals surface area contributed by atoms with Gasteiger partial charge in [0.1, 0.15) is 0 Å². The first-order chi connectivity index (χ1) is 4.50. The first-order valence-electron chi connectivity index (χ1n) is 2.08. The fraction of sp³-hybridized carbons (Fsp3) is 0.250. The van der Waals surface area contributed by atoms with Gasteiger partial charge in [-0.3, -0.25) is 4.21 Å². The molecular weight excluding hydrogens is 206 g/mol. The van der Waals surface area contributed by atoms with E-state index < -0.39 is 17.3 Å². The van der Waals surface area contributed by atoms with Gasteiger partial charge in [0.25, 0.3) is 0 Å². The Bertz CT molecular complexity index is 135. The molecule has 0 spiro atoms. The van der Waals surface area contributed by atoms with Crippen molar-refractivity contribution in [2.75, 3.05) is 0 Å². The van der Waals surface area contributed by atoms with Crippen LogP contribution >= 0.6 is 0 Å². The van der Waals surface area contributed by atoms with Crippen molar-refractivity contribution < 1.29 is 82.3 Å². The maximum absolute atomic E-state index is 9.42. The number of carboxylic acids is 1. The second-order valence-electron chi connectivity index (χ2n) is 1.07. The van der Waals surface area contributed by atoms with Crippen LogP contribution in [0.2, 0.25) is 0 Å². The van der Waals surface area contributed by atoms with Crippen LogP contribution in [0.5, 0.6) is 0 Å². The fourth-order valence-corrected chi connectivity index (χ4v) is 0.118. The second-order valence-corrected chi connectivity index (χ2v) is 1.48. The second kappa shape index (κ2) is 18.1. The molecular formula is C4H5Na2O5S-. The third-order valence-electron chi connectivity index (χ3n) is 0.311. The molecule has 0 saturated heterocycles. The minimum atomic E-state index is -3.11. The van der Waals surface area contributed by atoms with Crippen LogP contribution in [0.15, 0.2) is 12.7 Å². The van der Waals surface area contributed by atoms with Gasteiger partial charge >= 0.3 is 59.1 Å². The quantitative estimate of drug-likeness (QED) is 0.256. The summed E-state index contributed by atoms with van der Waals surface area (Å²) in [4.78, 5) is 9.42. The number of carbonyl (C=O) groups is 1. The zero-order valence-electron chi connectivity index (χ0n) is 6.94. The van der Waals surface area contributed by atoms with Crippen LogP contribution in [0.3, 0.4) is 0 Å². The molecule has 0 aliphatic rings. The number of hydrogen-bond acceptors (Lipinski definition) is 5. The van der Waals surface area contributed by atoms with Crippen molar-refractivity contribution in [3.63, 3.8) is 0 Å². The summed E-state index contributed by atoms with van der Waals surface area (Å²) in [7, 11) is 0. The Balaban J connectivity index is -0.0000000483. The summed E-state index contributed by atoms with van der Waals surface area (Å²) < 4.78 is 25.3. The van der Waals surface area contributed by atoms with Gasteiger partial charge in [-0.1, -0.05) is 6.08 Å². The summed E-state index contributed by atoms with van der Waals surface area (Å²) in [5.74, 6) is -1.08. The standard InChI is InChI=1S/C4H6O2.2Na.H2O3S/c1-2-3-4(5)6;;;1-4(2)3/h2H,1,3H2,(H,5,6);;;(H2,1,2,3)/q;2*+1;/p-3. The molecule has 0 rings (SSSR count). The smallest absolute Gasteiger partial charge is 0.784 e. The Kier molecular flexibility index (Phi) is 35.2. The zero-order chi connectivity index (χ0) is 8.57. The summed E-state index contributed by atoms with van der Waals surface area (Å²) in [5.41, 5.74) is 0. The Hall–Kier alpha value is 1.28. The molecule has 0 bridgehead atoms. The normalized spacial score (nSPS) is 6.58. The SMILES string of the molecule is C=CCC(=O)[O-].O=S([O-])[O-].[Na+].[Na+]. The maximum Gasteiger partial charge on any atom is 1.00 e. The van der Waals surface area contributed by atoms with E-state index in [1.807, 2.05) is 0 Å². The molecule has 8 heteroatoms. The number of aliphatic carboxylic acids is 1. The summed E-state index contributed by atoms with van der Waals surface area (Å²) in [6, 6.07) is 0. The van der Waals surface area contributed by atoms with Gasteiger partial charge in [0, 0.05) is 12.4 Å². The van der Waals surface area contributed by atoms with Crippen LogP contribution < -0.4 is 64.2 Å². The number of carbonyl (C=O) groups excluding carboxylic acids is 1. The van der Waals surface area contributed by atoms with E-state index in [-0.39, 0.29) is 65.5 Å². The van der Waals surface area contributed by atoms with Crippen molar-refractivity contribution in [3.8, 4) is 0 Å². The maximum atomic E-state index is 9.42. The predicted octanol–water partition coefficient (Wildman–Crippen LogP) is -7.68. The molecule has 0 aromatic heterocycles. The van der Waals surface area contributed by atoms with E-state index in [1.54, 1.807) is 0 Å². The molecule has 0 unspecified atom stereocenters. The van der Waals surface area contributed by atoms with E-state index in [9.17, 15) is 9.90 Å². The van der Waals surface area contributed by atoms with Gasteiger partial charge < -0.3 is 19.0 Å². The fourth-order valence-electron chi connectivity index (χ4n) is 0.118. The molecule has 0 heterocycles. The average molecular weight is 211 g/mol. The molecule has 0 aliphatic heterocycles. The van der Waals surface area contributed by atoms with Crippen molar-refractivity contribution in [3.05, 3.63) is 12.7 Å². The first-order valence-corrected chi connectivity index (χ1v) is 3.08. The van der Waals surface area contributed by atoms with Gasteiger partial charge in [-0.15, -0.1) is 17.9 Å². The molecule has 12 heavy (non-hydrogen) atoms. The number of rotatable bonds is 2. The van der Waals surface area contributed by atoms with E-state index in [1.165, 1.54) is 6.08 Å². The van der Waals surface area contributed by atoms with Crippen molar-refractivity contribution in [2.45, 2.75) is 6.42 Å². The average Bonchev–Trinajstić information content (AvgIpc) is 1.62. The minimum Gasteiger partial charge on any atom is -0.784 e. The van der Waals surface area contributed by atoms with E-state index in [0.717, 1.165) is 0 Å². The van der Waals surface area contributed by atoms with Gasteiger partial charge in [0.15, 0.2) is 0 Å². The number of hydrogen-bond donors (Lipinski definition) is 0. The summed E-state index contributed by atoms with van der Waals surface area (Å²) >= 11 is -3.11. The summed E-state index contributed by atoms with van der Waals surface area (Å²) in [6.07, 6.45) is 1.23. The molecule has 5 nitrogen and oxygen atoms in total. The van der Waals surface area contributed by atoms with E-state index in [0.29, 0.717) is 0 Å². The van der Waals surface area contributed by atoms with Crippen molar-refractivity contribution in [1.82, 2.24) is 0 Å². The molecule has 0 aromatic rings. The number of carboxylic acid groups (broad SMARTS) is 1. The monoisotopic (exact) mass is 211 g/mol. The Morgan fingerprint density at radius 3 is 1.67 bits per heavy atom. The zero-order valence-corrected chi connectivity index (χ0v) is 11.8. The van der Waals surface area contributed by atoms with Gasteiger partial charge in [0.05, 0.1) is 0 Å². The summed E-state index contributed by atoms with van der Waals surface area (Å²) in [5, 5.41) is 9.42. The van der Waals surface area contributed by atoms with Crippen LogP contribution in [0.1, 0.15) is 6.42 Å². The van der Waals surface area contributed by atoms with E-state index in [2.05, 4.69) is 6.58 Å². The van der Waals surface area contributed by atoms with Crippen LogP contribution in [-0.2, 0) is 16.2 Å². The Morgan fingerprint density at radius 1 is 1.42 bits per heavy atom. The van der Waals surface area contributed by atoms with Gasteiger partial charge in [-0.05, 0) is 0 Å². The Labute approximate surface area is 117 Å². The van der Waals surface area contributed by atoms with Gasteiger partial charge in [0.2, 0.25) is 0 Å². The first kappa shape index (κ1) is 23.3. The van der Waals surface area contributed by atoms with Crippen LogP contribution in [-0.4, -0.2) is 19.3 Å². The third kappa shape index (κ3) is 65.1. The Morgan fingerprint density at radius 2 is 1.67 bits per heavy atom. The van der Waals surface area contributed by atoms with E-state index in [4.69, 9.17) is 13.3 Å². The van der Waals surface area contributed by atoms with Crippen LogP contribution in [0.4, 0.5) is 0 Å². The minimum absolute atomic E-state index is 0. The van der Waals surface area contributed by atoms with Crippen molar-refractivity contribution in [1.29, 1.82) is 0 Å². The molecule has 60 valence electrons. The van der Waals surface area contributed by atoms with Crippen LogP contribution in [0, 0.1) is 0 Å². The molecule has 0 atom stereocenters. The topological polar surface area (TPSA) is 103 Å². The van der Waals surface area contributed by atoms with E-state index >= 15 is 0 Å². The van der Waals surface area contributed by atoms with Gasteiger partial charge in [-0.25, -0.2) is 0 Å². The van der Waals surface area contributed by atoms with Crippen molar-refractivity contribution in [2.24, 2.45) is 0 Å². The molecule has 0 aromatic carbocycles. The van der Waals surface area contributed by atoms with Crippen LogP contribution in [0.25, 0.3) is 0 Å². The third-order valence-corrected chi connectivity index (χ3v) is 0.311. The molecule has 0 amide bonds. The molecule has 0 aliphatic carbocycles. The predicted molar refractivity (Wildman–Crippen MR) is 29.5 cm³/mol. The molecule has 0 saturated carbocycles. The van der Waals surface area contributed by atoms with Gasteiger partial charge in [-0.2, -0.15) is 0 Å². The summed E-state index contributed by atoms with van der Waals surface area (Å²) in [6.45, 7) is 3.18. The van der Waals surface area contributed by atoms with Crippen molar-refractivity contribution >= 4 is 17.3 Å². The molecule has 0 fully saturated rings.